The number of fused-ring (bicyclic) bond motifs is 1. The summed E-state index contributed by atoms with van der Waals surface area (Å²) in [6, 6.07) is 5.82. The summed E-state index contributed by atoms with van der Waals surface area (Å²) in [7, 11) is 1.68. The van der Waals surface area contributed by atoms with Crippen LogP contribution in [0.4, 0.5) is 0 Å². The summed E-state index contributed by atoms with van der Waals surface area (Å²) < 4.78 is 10.6. The SMILES string of the molecule is COCCc1ccc2c(c1)C(=O)CCCO2. The number of methoxy groups -OCH3 is 1. The lowest BCUT2D eigenvalue weighted by Gasteiger charge is -2.08. The number of carbonyl (C=O) groups excluding carboxylic acids is 1. The molecule has 3 nitrogen and oxygen atoms in total. The summed E-state index contributed by atoms with van der Waals surface area (Å²) in [6.45, 7) is 1.31. The van der Waals surface area contributed by atoms with Crippen LogP contribution in [-0.4, -0.2) is 26.1 Å². The van der Waals surface area contributed by atoms with Crippen molar-refractivity contribution in [2.75, 3.05) is 20.3 Å². The van der Waals surface area contributed by atoms with Gasteiger partial charge in [0.2, 0.25) is 0 Å². The number of carbonyl (C=O) groups is 1. The van der Waals surface area contributed by atoms with E-state index in [0.29, 0.717) is 19.6 Å². The molecule has 0 saturated carbocycles. The predicted octanol–water partition coefficient (Wildman–Crippen LogP) is 2.23. The molecule has 1 aliphatic heterocycles. The number of hydrogen-bond donors (Lipinski definition) is 0. The Balaban J connectivity index is 2.24. The van der Waals surface area contributed by atoms with Crippen molar-refractivity contribution in [3.05, 3.63) is 29.3 Å². The molecule has 0 saturated heterocycles. The van der Waals surface area contributed by atoms with Crippen LogP contribution in [0.2, 0.25) is 0 Å². The molecule has 0 unspecified atom stereocenters. The first-order chi connectivity index (χ1) is 7.81. The van der Waals surface area contributed by atoms with Crippen LogP contribution in [0.5, 0.6) is 5.75 Å². The molecule has 0 spiro atoms. The topological polar surface area (TPSA) is 35.5 Å². The van der Waals surface area contributed by atoms with E-state index in [9.17, 15) is 4.79 Å². The average Bonchev–Trinajstić information content (AvgIpc) is 2.49. The van der Waals surface area contributed by atoms with Gasteiger partial charge in [0.05, 0.1) is 18.8 Å². The maximum atomic E-state index is 11.8. The number of Topliss-reactive ketones (excluding diaryl/α,β-unsaturated/α-hetero) is 1. The van der Waals surface area contributed by atoms with Crippen LogP contribution in [-0.2, 0) is 11.2 Å². The second-order valence-corrected chi connectivity index (χ2v) is 3.95. The van der Waals surface area contributed by atoms with Gasteiger partial charge in [0, 0.05) is 13.5 Å². The number of ketones is 1. The van der Waals surface area contributed by atoms with E-state index in [2.05, 4.69) is 0 Å². The van der Waals surface area contributed by atoms with Crippen molar-refractivity contribution in [1.29, 1.82) is 0 Å². The van der Waals surface area contributed by atoms with Gasteiger partial charge in [-0.05, 0) is 30.5 Å². The first-order valence-corrected chi connectivity index (χ1v) is 5.59. The van der Waals surface area contributed by atoms with Crippen molar-refractivity contribution in [1.82, 2.24) is 0 Å². The van der Waals surface area contributed by atoms with Gasteiger partial charge in [0.25, 0.3) is 0 Å². The maximum Gasteiger partial charge on any atom is 0.166 e. The van der Waals surface area contributed by atoms with Crippen molar-refractivity contribution in [3.8, 4) is 5.75 Å². The van der Waals surface area contributed by atoms with Crippen LogP contribution in [0, 0.1) is 0 Å². The van der Waals surface area contributed by atoms with Crippen molar-refractivity contribution in [3.63, 3.8) is 0 Å². The Labute approximate surface area is 95.4 Å². The van der Waals surface area contributed by atoms with Crippen LogP contribution in [0.25, 0.3) is 0 Å². The van der Waals surface area contributed by atoms with Gasteiger partial charge in [-0.2, -0.15) is 0 Å². The Hall–Kier alpha value is -1.35. The van der Waals surface area contributed by atoms with E-state index in [1.165, 1.54) is 0 Å². The zero-order chi connectivity index (χ0) is 11.4. The summed E-state index contributed by atoms with van der Waals surface area (Å²) in [5.74, 6) is 0.912. The molecule has 16 heavy (non-hydrogen) atoms. The highest BCUT2D eigenvalue weighted by Crippen LogP contribution is 2.25. The Morgan fingerprint density at radius 2 is 2.31 bits per heavy atom. The minimum atomic E-state index is 0.187. The average molecular weight is 220 g/mol. The normalized spacial score (nSPS) is 15.2. The standard InChI is InChI=1S/C13H16O3/c1-15-8-6-10-4-5-13-11(9-10)12(14)3-2-7-16-13/h4-5,9H,2-3,6-8H2,1H3. The lowest BCUT2D eigenvalue weighted by molar-refractivity contribution is 0.0983. The smallest absolute Gasteiger partial charge is 0.166 e. The van der Waals surface area contributed by atoms with E-state index in [1.807, 2.05) is 18.2 Å². The largest absolute Gasteiger partial charge is 0.493 e. The molecule has 86 valence electrons. The minimum Gasteiger partial charge on any atom is -0.493 e. The molecule has 2 rings (SSSR count). The van der Waals surface area contributed by atoms with Crippen LogP contribution in [0.3, 0.4) is 0 Å². The molecule has 1 aromatic rings. The molecule has 0 radical (unpaired) electrons. The second kappa shape index (κ2) is 5.12. The van der Waals surface area contributed by atoms with Gasteiger partial charge in [-0.25, -0.2) is 0 Å². The third kappa shape index (κ3) is 2.42. The molecule has 0 atom stereocenters. The number of rotatable bonds is 3. The fourth-order valence-electron chi connectivity index (χ4n) is 1.85. The van der Waals surface area contributed by atoms with Crippen molar-refractivity contribution >= 4 is 5.78 Å². The molecule has 3 heteroatoms. The van der Waals surface area contributed by atoms with E-state index in [1.54, 1.807) is 7.11 Å². The van der Waals surface area contributed by atoms with Crippen LogP contribution >= 0.6 is 0 Å². The fourth-order valence-corrected chi connectivity index (χ4v) is 1.85. The molecular formula is C13H16O3. The molecule has 0 amide bonds. The van der Waals surface area contributed by atoms with Gasteiger partial charge in [0.1, 0.15) is 5.75 Å². The number of benzene rings is 1. The summed E-state index contributed by atoms with van der Waals surface area (Å²) >= 11 is 0. The molecule has 1 heterocycles. The first-order valence-electron chi connectivity index (χ1n) is 5.59. The Kier molecular flexibility index (Phi) is 3.57. The quantitative estimate of drug-likeness (QED) is 0.783. The van der Waals surface area contributed by atoms with Gasteiger partial charge in [-0.3, -0.25) is 4.79 Å². The summed E-state index contributed by atoms with van der Waals surface area (Å²) in [4.78, 5) is 11.8. The first kappa shape index (κ1) is 11.1. The van der Waals surface area contributed by atoms with Crippen LogP contribution < -0.4 is 4.74 Å². The molecule has 1 aliphatic rings. The highest BCUT2D eigenvalue weighted by atomic mass is 16.5. The molecule has 0 fully saturated rings. The van der Waals surface area contributed by atoms with E-state index in [4.69, 9.17) is 9.47 Å². The third-order valence-electron chi connectivity index (χ3n) is 2.74. The number of hydrogen-bond acceptors (Lipinski definition) is 3. The zero-order valence-electron chi connectivity index (χ0n) is 9.49. The van der Waals surface area contributed by atoms with E-state index in [0.717, 1.165) is 29.7 Å². The monoisotopic (exact) mass is 220 g/mol. The molecule has 0 aliphatic carbocycles. The van der Waals surface area contributed by atoms with Crippen LogP contribution in [0.1, 0.15) is 28.8 Å². The summed E-state index contributed by atoms with van der Waals surface area (Å²) in [5, 5.41) is 0. The maximum absolute atomic E-state index is 11.8. The van der Waals surface area contributed by atoms with Crippen molar-refractivity contribution in [2.45, 2.75) is 19.3 Å². The lowest BCUT2D eigenvalue weighted by Crippen LogP contribution is -2.01. The molecule has 0 bridgehead atoms. The highest BCUT2D eigenvalue weighted by Gasteiger charge is 2.16. The van der Waals surface area contributed by atoms with E-state index in [-0.39, 0.29) is 5.78 Å². The van der Waals surface area contributed by atoms with Gasteiger partial charge < -0.3 is 9.47 Å². The van der Waals surface area contributed by atoms with Crippen molar-refractivity contribution in [2.24, 2.45) is 0 Å². The molecule has 0 aromatic heterocycles. The molecule has 1 aromatic carbocycles. The fraction of sp³-hybridized carbons (Fsp3) is 0.462. The van der Waals surface area contributed by atoms with Gasteiger partial charge >= 0.3 is 0 Å². The Morgan fingerprint density at radius 1 is 1.44 bits per heavy atom. The van der Waals surface area contributed by atoms with E-state index >= 15 is 0 Å². The van der Waals surface area contributed by atoms with Gasteiger partial charge in [-0.15, -0.1) is 0 Å². The van der Waals surface area contributed by atoms with Gasteiger partial charge in [0.15, 0.2) is 5.78 Å². The highest BCUT2D eigenvalue weighted by molar-refractivity contribution is 5.99. The second-order valence-electron chi connectivity index (χ2n) is 3.95. The Morgan fingerprint density at radius 3 is 3.12 bits per heavy atom. The minimum absolute atomic E-state index is 0.187. The van der Waals surface area contributed by atoms with Gasteiger partial charge in [-0.1, -0.05) is 6.07 Å². The molecule has 0 N–H and O–H groups in total. The Bertz CT molecular complexity index is 385. The lowest BCUT2D eigenvalue weighted by atomic mass is 10.0. The zero-order valence-corrected chi connectivity index (χ0v) is 9.49. The summed E-state index contributed by atoms with van der Waals surface area (Å²) in [6.07, 6.45) is 2.22. The van der Waals surface area contributed by atoms with Crippen molar-refractivity contribution < 1.29 is 14.3 Å². The predicted molar refractivity (Wildman–Crippen MR) is 61.1 cm³/mol. The number of ether oxygens (including phenoxy) is 2. The third-order valence-corrected chi connectivity index (χ3v) is 2.74. The summed E-state index contributed by atoms with van der Waals surface area (Å²) in [5.41, 5.74) is 1.85. The molecular weight excluding hydrogens is 204 g/mol. The van der Waals surface area contributed by atoms with Crippen LogP contribution in [0.15, 0.2) is 18.2 Å². The van der Waals surface area contributed by atoms with E-state index < -0.39 is 0 Å².